The van der Waals surface area contributed by atoms with E-state index < -0.39 is 24.3 Å². The summed E-state index contributed by atoms with van der Waals surface area (Å²) in [5.74, 6) is -0.413. The van der Waals surface area contributed by atoms with Gasteiger partial charge in [-0.25, -0.2) is 4.79 Å². The maximum Gasteiger partial charge on any atom is 0.495 e. The summed E-state index contributed by atoms with van der Waals surface area (Å²) in [4.78, 5) is 11.9. The normalized spacial score (nSPS) is 18.6. The minimum Gasteiger partial charge on any atom is -0.465 e. The van der Waals surface area contributed by atoms with Crippen LogP contribution in [0.3, 0.4) is 0 Å². The Balaban J connectivity index is 2.56. The first-order valence-electron chi connectivity index (χ1n) is 7.54. The van der Waals surface area contributed by atoms with Crippen LogP contribution in [0.4, 0.5) is 0 Å². The van der Waals surface area contributed by atoms with Gasteiger partial charge in [0.05, 0.1) is 23.9 Å². The summed E-state index contributed by atoms with van der Waals surface area (Å²) in [5, 5.41) is 0. The quantitative estimate of drug-likeness (QED) is 0.633. The van der Waals surface area contributed by atoms with Crippen LogP contribution in [0.1, 0.15) is 49.2 Å². The highest BCUT2D eigenvalue weighted by molar-refractivity contribution is 6.63. The monoisotopic (exact) mass is 314 g/mol. The molecule has 0 saturated carbocycles. The van der Waals surface area contributed by atoms with E-state index in [0.29, 0.717) is 11.1 Å². The van der Waals surface area contributed by atoms with Crippen molar-refractivity contribution in [2.24, 2.45) is 0 Å². The van der Waals surface area contributed by atoms with Gasteiger partial charge in [0.25, 0.3) is 0 Å². The Morgan fingerprint density at radius 3 is 2.04 bits per heavy atom. The molecule has 0 bridgehead atoms. The van der Waals surface area contributed by atoms with Gasteiger partial charge in [0.1, 0.15) is 0 Å². The number of ether oxygens (including phenoxy) is 1. The number of esters is 1. The van der Waals surface area contributed by atoms with Crippen LogP contribution in [0.5, 0.6) is 0 Å². The molecule has 0 radical (unpaired) electrons. The van der Waals surface area contributed by atoms with Crippen molar-refractivity contribution in [3.63, 3.8) is 0 Å². The largest absolute Gasteiger partial charge is 0.495 e. The van der Waals surface area contributed by atoms with Crippen LogP contribution in [0.15, 0.2) is 25.3 Å². The Kier molecular flexibility index (Phi) is 4.55. The molecule has 23 heavy (non-hydrogen) atoms. The molecular weight excluding hydrogens is 291 g/mol. The molecule has 5 heteroatoms. The molecule has 0 unspecified atom stereocenters. The van der Waals surface area contributed by atoms with Gasteiger partial charge in [-0.05, 0) is 50.4 Å². The van der Waals surface area contributed by atoms with Gasteiger partial charge >= 0.3 is 13.1 Å². The van der Waals surface area contributed by atoms with Crippen LogP contribution in [-0.2, 0) is 14.0 Å². The predicted molar refractivity (Wildman–Crippen MR) is 93.7 cm³/mol. The Morgan fingerprint density at radius 2 is 1.61 bits per heavy atom. The Labute approximate surface area is 138 Å². The summed E-state index contributed by atoms with van der Waals surface area (Å²) in [7, 11) is 0.823. The lowest BCUT2D eigenvalue weighted by atomic mass is 9.73. The Morgan fingerprint density at radius 1 is 1.09 bits per heavy atom. The van der Waals surface area contributed by atoms with Gasteiger partial charge in [0, 0.05) is 0 Å². The number of benzene rings is 1. The smallest absolute Gasteiger partial charge is 0.465 e. The van der Waals surface area contributed by atoms with E-state index in [2.05, 4.69) is 13.2 Å². The highest BCUT2D eigenvalue weighted by atomic mass is 16.7. The zero-order chi connectivity index (χ0) is 17.4. The summed E-state index contributed by atoms with van der Waals surface area (Å²) in [6, 6.07) is 3.52. The molecular formula is C18H23BO4. The van der Waals surface area contributed by atoms with Crippen LogP contribution in [0.25, 0.3) is 12.2 Å². The third kappa shape index (κ3) is 2.86. The number of hydrogen-bond acceptors (Lipinski definition) is 4. The Bertz CT molecular complexity index is 645. The van der Waals surface area contributed by atoms with E-state index in [9.17, 15) is 4.79 Å². The highest BCUT2D eigenvalue weighted by Crippen LogP contribution is 2.37. The SMILES string of the molecule is C=Cc1c(B2OC(C)(C)C(C)(C)O2)ccc(C(=O)OC)c1C=C. The van der Waals surface area contributed by atoms with Crippen molar-refractivity contribution in [2.75, 3.05) is 7.11 Å². The fourth-order valence-corrected chi connectivity index (χ4v) is 2.56. The van der Waals surface area contributed by atoms with Crippen LogP contribution < -0.4 is 5.46 Å². The van der Waals surface area contributed by atoms with Gasteiger partial charge in [0.15, 0.2) is 0 Å². The third-order valence-corrected chi connectivity index (χ3v) is 4.64. The molecule has 0 N–H and O–H groups in total. The van der Waals surface area contributed by atoms with Crippen LogP contribution in [0.2, 0.25) is 0 Å². The molecule has 1 saturated heterocycles. The minimum absolute atomic E-state index is 0.413. The summed E-state index contributed by atoms with van der Waals surface area (Å²) in [6.07, 6.45) is 3.31. The summed E-state index contributed by atoms with van der Waals surface area (Å²) in [5.41, 5.74) is 1.82. The Hall–Kier alpha value is -1.85. The average molecular weight is 314 g/mol. The first-order chi connectivity index (χ1) is 10.7. The van der Waals surface area contributed by atoms with E-state index in [4.69, 9.17) is 14.0 Å². The summed E-state index contributed by atoms with van der Waals surface area (Å²) >= 11 is 0. The molecule has 0 atom stereocenters. The van der Waals surface area contributed by atoms with E-state index >= 15 is 0 Å². The molecule has 122 valence electrons. The topological polar surface area (TPSA) is 44.8 Å². The molecule has 1 aromatic rings. The lowest BCUT2D eigenvalue weighted by Crippen LogP contribution is -2.41. The van der Waals surface area contributed by atoms with E-state index in [1.165, 1.54) is 7.11 Å². The van der Waals surface area contributed by atoms with E-state index in [0.717, 1.165) is 11.0 Å². The highest BCUT2D eigenvalue weighted by Gasteiger charge is 2.52. The van der Waals surface area contributed by atoms with Gasteiger partial charge in [-0.3, -0.25) is 0 Å². The maximum absolute atomic E-state index is 11.9. The molecule has 1 heterocycles. The number of rotatable bonds is 4. The van der Waals surface area contributed by atoms with Crippen molar-refractivity contribution in [3.8, 4) is 0 Å². The van der Waals surface area contributed by atoms with Gasteiger partial charge in [-0.1, -0.05) is 31.4 Å². The van der Waals surface area contributed by atoms with E-state index in [1.54, 1.807) is 18.2 Å². The molecule has 1 aliphatic heterocycles. The lowest BCUT2D eigenvalue weighted by molar-refractivity contribution is 0.00578. The first kappa shape index (κ1) is 17.5. The first-order valence-corrected chi connectivity index (χ1v) is 7.54. The van der Waals surface area contributed by atoms with Crippen molar-refractivity contribution < 1.29 is 18.8 Å². The van der Waals surface area contributed by atoms with E-state index in [1.807, 2.05) is 33.8 Å². The minimum atomic E-state index is -0.529. The van der Waals surface area contributed by atoms with Crippen molar-refractivity contribution in [1.82, 2.24) is 0 Å². The molecule has 2 rings (SSSR count). The number of carbonyl (C=O) groups excluding carboxylic acids is 1. The molecule has 1 fully saturated rings. The van der Waals surface area contributed by atoms with Crippen LogP contribution in [0, 0.1) is 0 Å². The standard InChI is InChI=1S/C18H23BO4/c1-8-12-13(9-2)15(11-10-14(12)16(20)21-7)19-22-17(3,4)18(5,6)23-19/h8-11H,1-2H2,3-7H3. The lowest BCUT2D eigenvalue weighted by Gasteiger charge is -2.32. The number of hydrogen-bond donors (Lipinski definition) is 0. The van der Waals surface area contributed by atoms with Gasteiger partial charge < -0.3 is 14.0 Å². The third-order valence-electron chi connectivity index (χ3n) is 4.64. The number of methoxy groups -OCH3 is 1. The second-order valence-electron chi connectivity index (χ2n) is 6.52. The van der Waals surface area contributed by atoms with Crippen molar-refractivity contribution in [3.05, 3.63) is 42.0 Å². The molecule has 0 spiro atoms. The summed E-state index contributed by atoms with van der Waals surface area (Å²) < 4.78 is 17.0. The molecule has 1 aromatic carbocycles. The van der Waals surface area contributed by atoms with Gasteiger partial charge in [0.2, 0.25) is 0 Å². The average Bonchev–Trinajstić information content (AvgIpc) is 2.72. The summed E-state index contributed by atoms with van der Waals surface area (Å²) in [6.45, 7) is 15.7. The number of carbonyl (C=O) groups is 1. The van der Waals surface area contributed by atoms with Crippen molar-refractivity contribution in [2.45, 2.75) is 38.9 Å². The molecule has 1 aliphatic rings. The van der Waals surface area contributed by atoms with Crippen molar-refractivity contribution in [1.29, 1.82) is 0 Å². The van der Waals surface area contributed by atoms with Gasteiger partial charge in [-0.2, -0.15) is 0 Å². The maximum atomic E-state index is 11.9. The van der Waals surface area contributed by atoms with Crippen molar-refractivity contribution >= 4 is 30.7 Å². The van der Waals surface area contributed by atoms with E-state index in [-0.39, 0.29) is 0 Å². The zero-order valence-corrected chi connectivity index (χ0v) is 14.4. The fraction of sp³-hybridized carbons (Fsp3) is 0.389. The fourth-order valence-electron chi connectivity index (χ4n) is 2.56. The predicted octanol–water partition coefficient (Wildman–Crippen LogP) is 3.06. The second kappa shape index (κ2) is 5.98. The molecule has 4 nitrogen and oxygen atoms in total. The van der Waals surface area contributed by atoms with Gasteiger partial charge in [-0.15, -0.1) is 0 Å². The second-order valence-corrected chi connectivity index (χ2v) is 6.52. The molecule has 0 amide bonds. The van der Waals surface area contributed by atoms with Crippen LogP contribution >= 0.6 is 0 Å². The zero-order valence-electron chi connectivity index (χ0n) is 14.4. The molecule has 0 aliphatic carbocycles. The van der Waals surface area contributed by atoms with Crippen LogP contribution in [-0.4, -0.2) is 31.4 Å². The molecule has 0 aromatic heterocycles.